The van der Waals surface area contributed by atoms with E-state index in [-0.39, 0.29) is 0 Å². The molecule has 0 saturated carbocycles. The molecular formula is C16H9ClN2O. The zero-order valence-electron chi connectivity index (χ0n) is 10.4. The fraction of sp³-hybridized carbons (Fsp3) is 0. The number of ether oxygens (including phenoxy) is 1. The van der Waals surface area contributed by atoms with Gasteiger partial charge in [0, 0.05) is 16.6 Å². The van der Waals surface area contributed by atoms with Gasteiger partial charge in [-0.3, -0.25) is 4.98 Å². The molecule has 20 heavy (non-hydrogen) atoms. The fourth-order valence-corrected chi connectivity index (χ4v) is 2.12. The number of para-hydroxylation sites is 1. The van der Waals surface area contributed by atoms with Gasteiger partial charge in [0.25, 0.3) is 0 Å². The molecule has 0 fully saturated rings. The predicted octanol–water partition coefficient (Wildman–Crippen LogP) is 4.55. The van der Waals surface area contributed by atoms with E-state index in [4.69, 9.17) is 21.6 Å². The third-order valence-corrected chi connectivity index (χ3v) is 3.13. The monoisotopic (exact) mass is 280 g/mol. The van der Waals surface area contributed by atoms with Crippen molar-refractivity contribution in [2.45, 2.75) is 0 Å². The van der Waals surface area contributed by atoms with Crippen LogP contribution < -0.4 is 4.74 Å². The average Bonchev–Trinajstić information content (AvgIpc) is 2.47. The second-order valence-corrected chi connectivity index (χ2v) is 4.62. The molecule has 4 heteroatoms. The Balaban J connectivity index is 2.10. The maximum atomic E-state index is 9.09. The molecule has 3 rings (SSSR count). The van der Waals surface area contributed by atoms with E-state index in [0.29, 0.717) is 22.1 Å². The Morgan fingerprint density at radius 2 is 1.90 bits per heavy atom. The average molecular weight is 281 g/mol. The molecule has 2 aromatic carbocycles. The predicted molar refractivity (Wildman–Crippen MR) is 78.0 cm³/mol. The normalized spacial score (nSPS) is 10.2. The standard InChI is InChI=1S/C16H9ClN2O/c17-12-5-6-13-14(9-12)19-8-7-16(13)20-15-4-2-1-3-11(15)10-18/h1-9H. The lowest BCUT2D eigenvalue weighted by Crippen LogP contribution is -1.90. The zero-order chi connectivity index (χ0) is 13.9. The van der Waals surface area contributed by atoms with Crippen LogP contribution in [0.5, 0.6) is 11.5 Å². The van der Waals surface area contributed by atoms with Crippen molar-refractivity contribution in [1.82, 2.24) is 4.98 Å². The van der Waals surface area contributed by atoms with Crippen LogP contribution in [-0.4, -0.2) is 4.98 Å². The minimum Gasteiger partial charge on any atom is -0.455 e. The summed E-state index contributed by atoms with van der Waals surface area (Å²) in [5.41, 5.74) is 1.25. The molecule has 96 valence electrons. The summed E-state index contributed by atoms with van der Waals surface area (Å²) in [5, 5.41) is 10.6. The first-order valence-electron chi connectivity index (χ1n) is 5.99. The number of aromatic nitrogens is 1. The van der Waals surface area contributed by atoms with Crippen LogP contribution in [0.2, 0.25) is 5.02 Å². The Morgan fingerprint density at radius 1 is 1.05 bits per heavy atom. The van der Waals surface area contributed by atoms with Crippen molar-refractivity contribution in [3.05, 3.63) is 65.3 Å². The van der Waals surface area contributed by atoms with Gasteiger partial charge < -0.3 is 4.74 Å². The molecule has 0 amide bonds. The molecule has 0 N–H and O–H groups in total. The van der Waals surface area contributed by atoms with Crippen molar-refractivity contribution in [3.63, 3.8) is 0 Å². The van der Waals surface area contributed by atoms with Crippen LogP contribution in [0.1, 0.15) is 5.56 Å². The Labute approximate surface area is 121 Å². The molecule has 0 spiro atoms. The first kappa shape index (κ1) is 12.5. The van der Waals surface area contributed by atoms with Crippen molar-refractivity contribution in [3.8, 4) is 17.6 Å². The van der Waals surface area contributed by atoms with Crippen molar-refractivity contribution in [2.75, 3.05) is 0 Å². The zero-order valence-corrected chi connectivity index (χ0v) is 11.1. The SMILES string of the molecule is N#Cc1ccccc1Oc1ccnc2cc(Cl)ccc12. The number of benzene rings is 2. The summed E-state index contributed by atoms with van der Waals surface area (Å²) in [6, 6.07) is 16.4. The Morgan fingerprint density at radius 3 is 2.75 bits per heavy atom. The number of nitriles is 1. The van der Waals surface area contributed by atoms with Crippen molar-refractivity contribution >= 4 is 22.5 Å². The van der Waals surface area contributed by atoms with E-state index in [1.54, 1.807) is 42.6 Å². The van der Waals surface area contributed by atoms with Crippen LogP contribution >= 0.6 is 11.6 Å². The minimum atomic E-state index is 0.492. The number of nitrogens with zero attached hydrogens (tertiary/aromatic N) is 2. The molecule has 1 aromatic heterocycles. The van der Waals surface area contributed by atoms with Gasteiger partial charge in [-0.2, -0.15) is 5.26 Å². The molecule has 0 saturated heterocycles. The molecule has 1 heterocycles. The number of hydrogen-bond acceptors (Lipinski definition) is 3. The third kappa shape index (κ3) is 2.29. The number of fused-ring (bicyclic) bond motifs is 1. The van der Waals surface area contributed by atoms with E-state index >= 15 is 0 Å². The number of hydrogen-bond donors (Lipinski definition) is 0. The van der Waals surface area contributed by atoms with Gasteiger partial charge in [-0.05, 0) is 36.4 Å². The summed E-state index contributed by atoms with van der Waals surface area (Å²) < 4.78 is 5.85. The second-order valence-electron chi connectivity index (χ2n) is 4.18. The molecule has 0 aliphatic heterocycles. The van der Waals surface area contributed by atoms with Gasteiger partial charge in [-0.25, -0.2) is 0 Å². The highest BCUT2D eigenvalue weighted by molar-refractivity contribution is 6.31. The largest absolute Gasteiger partial charge is 0.455 e. The molecule has 0 aliphatic rings. The summed E-state index contributed by atoms with van der Waals surface area (Å²) in [7, 11) is 0. The highest BCUT2D eigenvalue weighted by Crippen LogP contribution is 2.31. The maximum Gasteiger partial charge on any atom is 0.145 e. The first-order valence-corrected chi connectivity index (χ1v) is 6.37. The lowest BCUT2D eigenvalue weighted by atomic mass is 10.2. The van der Waals surface area contributed by atoms with Crippen molar-refractivity contribution in [1.29, 1.82) is 5.26 Å². The van der Waals surface area contributed by atoms with Crippen molar-refractivity contribution < 1.29 is 4.74 Å². The quantitative estimate of drug-likeness (QED) is 0.691. The maximum absolute atomic E-state index is 9.09. The first-order chi connectivity index (χ1) is 9.78. The summed E-state index contributed by atoms with van der Waals surface area (Å²) in [5.74, 6) is 1.17. The smallest absolute Gasteiger partial charge is 0.145 e. The summed E-state index contributed by atoms with van der Waals surface area (Å²) in [6.45, 7) is 0. The number of halogens is 1. The van der Waals surface area contributed by atoms with E-state index in [0.717, 1.165) is 10.9 Å². The van der Waals surface area contributed by atoms with E-state index in [2.05, 4.69) is 11.1 Å². The van der Waals surface area contributed by atoms with Gasteiger partial charge in [0.1, 0.15) is 17.6 Å². The van der Waals surface area contributed by atoms with Crippen LogP contribution in [0.4, 0.5) is 0 Å². The van der Waals surface area contributed by atoms with Crippen LogP contribution in [0.25, 0.3) is 10.9 Å². The molecular weight excluding hydrogens is 272 g/mol. The van der Waals surface area contributed by atoms with Crippen LogP contribution in [0.15, 0.2) is 54.7 Å². The molecule has 0 unspecified atom stereocenters. The van der Waals surface area contributed by atoms with Crippen LogP contribution in [0, 0.1) is 11.3 Å². The number of rotatable bonds is 2. The summed E-state index contributed by atoms with van der Waals surface area (Å²) >= 11 is 5.96. The Kier molecular flexibility index (Phi) is 3.24. The number of pyridine rings is 1. The Hall–Kier alpha value is -2.57. The lowest BCUT2D eigenvalue weighted by Gasteiger charge is -2.09. The van der Waals surface area contributed by atoms with E-state index in [1.165, 1.54) is 0 Å². The van der Waals surface area contributed by atoms with Crippen LogP contribution in [0.3, 0.4) is 0 Å². The lowest BCUT2D eigenvalue weighted by molar-refractivity contribution is 0.486. The van der Waals surface area contributed by atoms with Gasteiger partial charge >= 0.3 is 0 Å². The van der Waals surface area contributed by atoms with Crippen LogP contribution in [-0.2, 0) is 0 Å². The highest BCUT2D eigenvalue weighted by atomic mass is 35.5. The molecule has 0 bridgehead atoms. The van der Waals surface area contributed by atoms with Crippen molar-refractivity contribution in [2.24, 2.45) is 0 Å². The molecule has 0 aliphatic carbocycles. The van der Waals surface area contributed by atoms with Gasteiger partial charge in [0.05, 0.1) is 11.1 Å². The van der Waals surface area contributed by atoms with Gasteiger partial charge in [0.15, 0.2) is 0 Å². The van der Waals surface area contributed by atoms with E-state index in [9.17, 15) is 0 Å². The topological polar surface area (TPSA) is 45.9 Å². The Bertz CT molecular complexity index is 824. The summed E-state index contributed by atoms with van der Waals surface area (Å²) in [4.78, 5) is 4.26. The highest BCUT2D eigenvalue weighted by Gasteiger charge is 2.07. The summed E-state index contributed by atoms with van der Waals surface area (Å²) in [6.07, 6.45) is 1.66. The minimum absolute atomic E-state index is 0.492. The van der Waals surface area contributed by atoms with Gasteiger partial charge in [-0.1, -0.05) is 23.7 Å². The molecule has 3 nitrogen and oxygen atoms in total. The van der Waals surface area contributed by atoms with Gasteiger partial charge in [-0.15, -0.1) is 0 Å². The third-order valence-electron chi connectivity index (χ3n) is 2.89. The fourth-order valence-electron chi connectivity index (χ4n) is 1.95. The van der Waals surface area contributed by atoms with E-state index < -0.39 is 0 Å². The van der Waals surface area contributed by atoms with Gasteiger partial charge in [0.2, 0.25) is 0 Å². The van der Waals surface area contributed by atoms with E-state index in [1.807, 2.05) is 12.1 Å². The molecule has 0 atom stereocenters. The molecule has 3 aromatic rings. The molecule has 0 radical (unpaired) electrons. The second kappa shape index (κ2) is 5.20.